The van der Waals surface area contributed by atoms with Crippen LogP contribution in [-0.2, 0) is 4.79 Å². The summed E-state index contributed by atoms with van der Waals surface area (Å²) in [4.78, 5) is 14.8. The number of amides is 1. The Kier molecular flexibility index (Phi) is 5.44. The molecule has 2 aromatic carbocycles. The number of ether oxygens (including phenoxy) is 2. The lowest BCUT2D eigenvalue weighted by Crippen LogP contribution is -2.47. The van der Waals surface area contributed by atoms with E-state index in [1.807, 2.05) is 26.0 Å². The van der Waals surface area contributed by atoms with E-state index in [0.717, 1.165) is 0 Å². The third kappa shape index (κ3) is 4.22. The molecule has 0 saturated heterocycles. The summed E-state index contributed by atoms with van der Waals surface area (Å²) in [5, 5.41) is 9.34. The molecule has 1 aliphatic rings. The first kappa shape index (κ1) is 19.3. The molecule has 1 atom stereocenters. The van der Waals surface area contributed by atoms with Crippen LogP contribution < -0.4 is 14.4 Å². The zero-order chi connectivity index (χ0) is 20.4. The van der Waals surface area contributed by atoms with Gasteiger partial charge in [0.15, 0.2) is 11.5 Å². The Labute approximate surface area is 171 Å². The van der Waals surface area contributed by atoms with Crippen LogP contribution in [-0.4, -0.2) is 35.4 Å². The summed E-state index contributed by atoms with van der Waals surface area (Å²) in [6.07, 6.45) is -0.773. The van der Waals surface area contributed by atoms with Gasteiger partial charge >= 0.3 is 0 Å². The first-order chi connectivity index (χ1) is 14.0. The first-order valence-corrected chi connectivity index (χ1v) is 10.1. The second kappa shape index (κ2) is 8.16. The monoisotopic (exact) mass is 413 g/mol. The van der Waals surface area contributed by atoms with Gasteiger partial charge in [0.25, 0.3) is 5.91 Å². The third-order valence-corrected chi connectivity index (χ3v) is 5.31. The van der Waals surface area contributed by atoms with Crippen molar-refractivity contribution in [2.24, 2.45) is 5.92 Å². The number of aromatic nitrogens is 2. The van der Waals surface area contributed by atoms with Crippen molar-refractivity contribution >= 4 is 22.4 Å². The molecular formula is C21H20FN3O3S. The number of halogens is 1. The smallest absolute Gasteiger partial charge is 0.273 e. The lowest BCUT2D eigenvalue weighted by molar-refractivity contribution is -0.127. The number of hydrogen-bond acceptors (Lipinski definition) is 6. The minimum absolute atomic E-state index is 0.125. The van der Waals surface area contributed by atoms with Crippen molar-refractivity contribution in [2.45, 2.75) is 20.0 Å². The SMILES string of the molecule is CC(C)CN(C(=O)C1COc2ccccc2O1)c1nnc(-c2cccc(F)c2)s1. The minimum Gasteiger partial charge on any atom is -0.485 e. The van der Waals surface area contributed by atoms with E-state index in [2.05, 4.69) is 10.2 Å². The second-order valence-corrected chi connectivity index (χ2v) is 8.06. The molecular weight excluding hydrogens is 393 g/mol. The minimum atomic E-state index is -0.773. The summed E-state index contributed by atoms with van der Waals surface area (Å²) in [6, 6.07) is 13.4. The van der Waals surface area contributed by atoms with Gasteiger partial charge in [-0.25, -0.2) is 4.39 Å². The maximum atomic E-state index is 13.5. The first-order valence-electron chi connectivity index (χ1n) is 9.30. The molecule has 0 radical (unpaired) electrons. The van der Waals surface area contributed by atoms with Gasteiger partial charge in [0.2, 0.25) is 11.2 Å². The maximum absolute atomic E-state index is 13.5. The highest BCUT2D eigenvalue weighted by Gasteiger charge is 2.33. The number of rotatable bonds is 5. The van der Waals surface area contributed by atoms with Crippen molar-refractivity contribution in [2.75, 3.05) is 18.1 Å². The van der Waals surface area contributed by atoms with Crippen molar-refractivity contribution in [3.8, 4) is 22.1 Å². The van der Waals surface area contributed by atoms with Crippen LogP contribution in [0, 0.1) is 11.7 Å². The van der Waals surface area contributed by atoms with E-state index in [1.54, 1.807) is 29.2 Å². The summed E-state index contributed by atoms with van der Waals surface area (Å²) < 4.78 is 25.1. The summed E-state index contributed by atoms with van der Waals surface area (Å²) in [6.45, 7) is 4.61. The second-order valence-electron chi connectivity index (χ2n) is 7.11. The summed E-state index contributed by atoms with van der Waals surface area (Å²) >= 11 is 1.24. The Balaban J connectivity index is 1.59. The van der Waals surface area contributed by atoms with E-state index in [-0.39, 0.29) is 24.2 Å². The van der Waals surface area contributed by atoms with Gasteiger partial charge < -0.3 is 9.47 Å². The van der Waals surface area contributed by atoms with E-state index >= 15 is 0 Å². The normalized spacial score (nSPS) is 15.4. The van der Waals surface area contributed by atoms with Crippen LogP contribution in [0.2, 0.25) is 0 Å². The standard InChI is InChI=1S/C21H20FN3O3S/c1-13(2)11-25(20(26)18-12-27-16-8-3-4-9-17(16)28-18)21-24-23-19(29-21)14-6-5-7-15(22)10-14/h3-10,13,18H,11-12H2,1-2H3. The number of benzene rings is 2. The van der Waals surface area contributed by atoms with E-state index in [9.17, 15) is 9.18 Å². The van der Waals surface area contributed by atoms with Crippen molar-refractivity contribution < 1.29 is 18.7 Å². The van der Waals surface area contributed by atoms with Crippen LogP contribution >= 0.6 is 11.3 Å². The average Bonchev–Trinajstić information content (AvgIpc) is 3.21. The lowest BCUT2D eigenvalue weighted by atomic mass is 10.2. The molecule has 1 unspecified atom stereocenters. The van der Waals surface area contributed by atoms with Gasteiger partial charge in [0.1, 0.15) is 17.4 Å². The maximum Gasteiger partial charge on any atom is 0.273 e. The zero-order valence-corrected chi connectivity index (χ0v) is 16.9. The van der Waals surface area contributed by atoms with E-state index in [4.69, 9.17) is 9.47 Å². The Morgan fingerprint density at radius 2 is 2.00 bits per heavy atom. The summed E-state index contributed by atoms with van der Waals surface area (Å²) in [7, 11) is 0. The molecule has 6 nitrogen and oxygen atoms in total. The number of fused-ring (bicyclic) bond motifs is 1. The number of carbonyl (C=O) groups is 1. The zero-order valence-electron chi connectivity index (χ0n) is 16.0. The van der Waals surface area contributed by atoms with Gasteiger partial charge in [-0.2, -0.15) is 0 Å². The van der Waals surface area contributed by atoms with Crippen LogP contribution in [0.4, 0.5) is 9.52 Å². The molecule has 0 fully saturated rings. The van der Waals surface area contributed by atoms with Crippen LogP contribution in [0.3, 0.4) is 0 Å². The molecule has 0 N–H and O–H groups in total. The van der Waals surface area contributed by atoms with Gasteiger partial charge in [0.05, 0.1) is 0 Å². The third-order valence-electron chi connectivity index (χ3n) is 4.31. The van der Waals surface area contributed by atoms with E-state index in [0.29, 0.717) is 33.7 Å². The molecule has 1 aromatic heterocycles. The quantitative estimate of drug-likeness (QED) is 0.628. The van der Waals surface area contributed by atoms with Gasteiger partial charge in [-0.15, -0.1) is 10.2 Å². The van der Waals surface area contributed by atoms with Crippen molar-refractivity contribution in [3.05, 3.63) is 54.3 Å². The Morgan fingerprint density at radius 1 is 1.21 bits per heavy atom. The highest BCUT2D eigenvalue weighted by molar-refractivity contribution is 7.18. The Bertz CT molecular complexity index is 1020. The number of hydrogen-bond donors (Lipinski definition) is 0. The molecule has 0 bridgehead atoms. The fourth-order valence-electron chi connectivity index (χ4n) is 3.01. The number of nitrogens with zero attached hydrogens (tertiary/aromatic N) is 3. The topological polar surface area (TPSA) is 64.6 Å². The molecule has 0 aliphatic carbocycles. The number of anilines is 1. The largest absolute Gasteiger partial charge is 0.485 e. The highest BCUT2D eigenvalue weighted by Crippen LogP contribution is 2.33. The van der Waals surface area contributed by atoms with Crippen LogP contribution in [0.15, 0.2) is 48.5 Å². The number of carbonyl (C=O) groups excluding carboxylic acids is 1. The fraction of sp³-hybridized carbons (Fsp3) is 0.286. The predicted molar refractivity (Wildman–Crippen MR) is 109 cm³/mol. The Hall–Kier alpha value is -3.00. The van der Waals surface area contributed by atoms with Gasteiger partial charge in [-0.1, -0.05) is 49.4 Å². The molecule has 1 amide bonds. The highest BCUT2D eigenvalue weighted by atomic mass is 32.1. The fourth-order valence-corrected chi connectivity index (χ4v) is 3.86. The van der Waals surface area contributed by atoms with Crippen LogP contribution in [0.5, 0.6) is 11.5 Å². The number of para-hydroxylation sites is 2. The van der Waals surface area contributed by atoms with Gasteiger partial charge in [0, 0.05) is 12.1 Å². The van der Waals surface area contributed by atoms with Crippen molar-refractivity contribution in [3.63, 3.8) is 0 Å². The van der Waals surface area contributed by atoms with Crippen LogP contribution in [0.1, 0.15) is 13.8 Å². The summed E-state index contributed by atoms with van der Waals surface area (Å²) in [5.74, 6) is 0.781. The predicted octanol–water partition coefficient (Wildman–Crippen LogP) is 4.17. The lowest BCUT2D eigenvalue weighted by Gasteiger charge is -2.30. The van der Waals surface area contributed by atoms with Crippen molar-refractivity contribution in [1.29, 1.82) is 0 Å². The van der Waals surface area contributed by atoms with Gasteiger partial charge in [-0.05, 0) is 30.2 Å². The molecule has 0 saturated carbocycles. The van der Waals surface area contributed by atoms with E-state index < -0.39 is 6.10 Å². The van der Waals surface area contributed by atoms with Crippen molar-refractivity contribution in [1.82, 2.24) is 10.2 Å². The molecule has 150 valence electrons. The molecule has 0 spiro atoms. The average molecular weight is 413 g/mol. The molecule has 2 heterocycles. The molecule has 3 aromatic rings. The molecule has 1 aliphatic heterocycles. The molecule has 4 rings (SSSR count). The Morgan fingerprint density at radius 3 is 2.76 bits per heavy atom. The summed E-state index contributed by atoms with van der Waals surface area (Å²) in [5.41, 5.74) is 0.622. The van der Waals surface area contributed by atoms with E-state index in [1.165, 1.54) is 23.5 Å². The molecule has 29 heavy (non-hydrogen) atoms. The van der Waals surface area contributed by atoms with Gasteiger partial charge in [-0.3, -0.25) is 9.69 Å². The molecule has 8 heteroatoms. The van der Waals surface area contributed by atoms with Crippen LogP contribution in [0.25, 0.3) is 10.6 Å².